The van der Waals surface area contributed by atoms with E-state index in [0.717, 1.165) is 6.07 Å². The molecule has 2 aromatic heterocycles. The summed E-state index contributed by atoms with van der Waals surface area (Å²) >= 11 is 0. The largest absolute Gasteiger partial charge is 0.481 e. The van der Waals surface area contributed by atoms with Gasteiger partial charge in [-0.2, -0.15) is 18.3 Å². The molecule has 10 heteroatoms. The lowest BCUT2D eigenvalue weighted by molar-refractivity contribution is -0.138. The van der Waals surface area contributed by atoms with Gasteiger partial charge < -0.3 is 10.4 Å². The molecule has 2 rings (SSSR count). The molecule has 0 spiro atoms. The predicted octanol–water partition coefficient (Wildman–Crippen LogP) is 3.25. The van der Waals surface area contributed by atoms with Crippen LogP contribution in [0.5, 0.6) is 0 Å². The molecule has 0 saturated heterocycles. The van der Waals surface area contributed by atoms with Crippen LogP contribution in [-0.2, 0) is 11.0 Å². The van der Waals surface area contributed by atoms with Crippen LogP contribution in [0.15, 0.2) is 24.5 Å². The van der Waals surface area contributed by atoms with Crippen LogP contribution in [0.4, 0.5) is 13.2 Å². The van der Waals surface area contributed by atoms with E-state index in [1.165, 1.54) is 16.9 Å². The lowest BCUT2D eigenvalue weighted by atomic mass is 10.0. The Morgan fingerprint density at radius 3 is 2.39 bits per heavy atom. The number of carbonyl (C=O) groups is 2. The molecule has 2 N–H and O–H groups in total. The maximum atomic E-state index is 12.7. The second kappa shape index (κ2) is 8.41. The first-order valence-corrected chi connectivity index (χ1v) is 8.62. The van der Waals surface area contributed by atoms with E-state index in [-0.39, 0.29) is 36.2 Å². The number of carbonyl (C=O) groups excluding carboxylic acids is 1. The van der Waals surface area contributed by atoms with Gasteiger partial charge in [-0.1, -0.05) is 20.8 Å². The monoisotopic (exact) mass is 398 g/mol. The van der Waals surface area contributed by atoms with Crippen LogP contribution in [-0.4, -0.2) is 38.3 Å². The molecule has 152 valence electrons. The first-order chi connectivity index (χ1) is 13.0. The molecule has 0 aliphatic carbocycles. The Morgan fingerprint density at radius 2 is 1.89 bits per heavy atom. The summed E-state index contributed by atoms with van der Waals surface area (Å²) in [6, 6.07) is 2.10. The van der Waals surface area contributed by atoms with Crippen molar-refractivity contribution >= 4 is 11.9 Å². The lowest BCUT2D eigenvalue weighted by Gasteiger charge is -2.14. The maximum Gasteiger partial charge on any atom is 0.417 e. The summed E-state index contributed by atoms with van der Waals surface area (Å²) in [6.07, 6.45) is -2.53. The highest BCUT2D eigenvalue weighted by atomic mass is 19.4. The zero-order valence-electron chi connectivity index (χ0n) is 15.6. The minimum Gasteiger partial charge on any atom is -0.481 e. The molecular formula is C18H21F3N4O3. The van der Waals surface area contributed by atoms with Crippen LogP contribution >= 0.6 is 0 Å². The molecule has 2 aromatic rings. The van der Waals surface area contributed by atoms with Crippen LogP contribution in [0.25, 0.3) is 5.82 Å². The molecule has 0 saturated carbocycles. The van der Waals surface area contributed by atoms with Gasteiger partial charge in [-0.05, 0) is 24.0 Å². The van der Waals surface area contributed by atoms with Gasteiger partial charge in [0.15, 0.2) is 5.82 Å². The molecule has 0 radical (unpaired) electrons. The Hall–Kier alpha value is -2.91. The number of hydrogen-bond donors (Lipinski definition) is 2. The molecule has 1 amide bonds. The molecule has 0 bridgehead atoms. The van der Waals surface area contributed by atoms with Gasteiger partial charge in [0.05, 0.1) is 23.0 Å². The third kappa shape index (κ3) is 5.08. The SMILES string of the molecule is CC(CNC(=O)c1cnn(-c2ccc(C(F)(F)F)cn2)c1C(C)C)CC(=O)O. The minimum atomic E-state index is -4.49. The highest BCUT2D eigenvalue weighted by Gasteiger charge is 2.31. The van der Waals surface area contributed by atoms with E-state index in [4.69, 9.17) is 5.11 Å². The van der Waals surface area contributed by atoms with E-state index < -0.39 is 23.6 Å². The lowest BCUT2D eigenvalue weighted by Crippen LogP contribution is -2.30. The minimum absolute atomic E-state index is 0.0773. The zero-order valence-corrected chi connectivity index (χ0v) is 15.6. The quantitative estimate of drug-likeness (QED) is 0.746. The first-order valence-electron chi connectivity index (χ1n) is 8.62. The number of nitrogens with one attached hydrogen (secondary N) is 1. The molecule has 1 unspecified atom stereocenters. The number of halogens is 3. The van der Waals surface area contributed by atoms with Crippen LogP contribution in [0.2, 0.25) is 0 Å². The molecule has 2 heterocycles. The number of pyridine rings is 1. The third-order valence-corrected chi connectivity index (χ3v) is 4.02. The zero-order chi connectivity index (χ0) is 21.1. The van der Waals surface area contributed by atoms with Gasteiger partial charge in [0.25, 0.3) is 5.91 Å². The third-order valence-electron chi connectivity index (χ3n) is 4.02. The van der Waals surface area contributed by atoms with E-state index >= 15 is 0 Å². The highest BCUT2D eigenvalue weighted by Crippen LogP contribution is 2.29. The van der Waals surface area contributed by atoms with Crippen molar-refractivity contribution in [1.29, 1.82) is 0 Å². The Bertz CT molecular complexity index is 845. The van der Waals surface area contributed by atoms with Crippen LogP contribution < -0.4 is 5.32 Å². The van der Waals surface area contributed by atoms with E-state index in [0.29, 0.717) is 11.9 Å². The van der Waals surface area contributed by atoms with Gasteiger partial charge >= 0.3 is 12.1 Å². The highest BCUT2D eigenvalue weighted by molar-refractivity contribution is 5.95. The Morgan fingerprint density at radius 1 is 1.21 bits per heavy atom. The van der Waals surface area contributed by atoms with Gasteiger partial charge in [-0.15, -0.1) is 0 Å². The Balaban J connectivity index is 2.26. The number of carboxylic acid groups (broad SMARTS) is 1. The number of aliphatic carboxylic acids is 1. The summed E-state index contributed by atoms with van der Waals surface area (Å²) in [5, 5.41) is 15.6. The van der Waals surface area contributed by atoms with Crippen molar-refractivity contribution in [3.8, 4) is 5.82 Å². The van der Waals surface area contributed by atoms with E-state index in [1.807, 2.05) is 13.8 Å². The number of aromatic nitrogens is 3. The smallest absolute Gasteiger partial charge is 0.417 e. The number of nitrogens with zero attached hydrogens (tertiary/aromatic N) is 3. The van der Waals surface area contributed by atoms with Crippen molar-refractivity contribution in [2.24, 2.45) is 5.92 Å². The summed E-state index contributed by atoms with van der Waals surface area (Å²) in [6.45, 7) is 5.52. The van der Waals surface area contributed by atoms with Crippen LogP contribution in [0.3, 0.4) is 0 Å². The molecule has 7 nitrogen and oxygen atoms in total. The molecule has 0 aliphatic rings. The van der Waals surface area contributed by atoms with Crippen molar-refractivity contribution in [3.63, 3.8) is 0 Å². The average Bonchev–Trinajstić information content (AvgIpc) is 3.04. The fraction of sp³-hybridized carbons (Fsp3) is 0.444. The summed E-state index contributed by atoms with van der Waals surface area (Å²) < 4.78 is 39.5. The van der Waals surface area contributed by atoms with Crippen molar-refractivity contribution in [2.75, 3.05) is 6.54 Å². The molecule has 0 aliphatic heterocycles. The van der Waals surface area contributed by atoms with Crippen molar-refractivity contribution < 1.29 is 27.9 Å². The molecule has 0 fully saturated rings. The number of amides is 1. The van der Waals surface area contributed by atoms with Gasteiger partial charge in [-0.3, -0.25) is 9.59 Å². The van der Waals surface area contributed by atoms with Gasteiger partial charge in [0, 0.05) is 19.2 Å². The predicted molar refractivity (Wildman–Crippen MR) is 94.2 cm³/mol. The maximum absolute atomic E-state index is 12.7. The van der Waals surface area contributed by atoms with Crippen molar-refractivity contribution in [2.45, 2.75) is 39.3 Å². The van der Waals surface area contributed by atoms with Crippen molar-refractivity contribution in [1.82, 2.24) is 20.1 Å². The first kappa shape index (κ1) is 21.4. The summed E-state index contributed by atoms with van der Waals surface area (Å²) in [7, 11) is 0. The standard InChI is InChI=1S/C18H21F3N4O3/c1-10(2)16-13(17(28)23-7-11(3)6-15(26)27)9-24-25(16)14-5-4-12(8-22-14)18(19,20)21/h4-5,8-11H,6-7H2,1-3H3,(H,23,28)(H,26,27). The molecule has 1 atom stereocenters. The van der Waals surface area contributed by atoms with Gasteiger partial charge in [-0.25, -0.2) is 9.67 Å². The number of carboxylic acids is 1. The number of hydrogen-bond acceptors (Lipinski definition) is 4. The average molecular weight is 398 g/mol. The second-order valence-corrected chi connectivity index (χ2v) is 6.83. The summed E-state index contributed by atoms with van der Waals surface area (Å²) in [5.74, 6) is -1.64. The number of rotatable bonds is 7. The molecular weight excluding hydrogens is 377 g/mol. The molecule has 0 aromatic carbocycles. The topological polar surface area (TPSA) is 97.1 Å². The van der Waals surface area contributed by atoms with E-state index in [9.17, 15) is 22.8 Å². The molecule has 28 heavy (non-hydrogen) atoms. The van der Waals surface area contributed by atoms with Gasteiger partial charge in [0.1, 0.15) is 0 Å². The summed E-state index contributed by atoms with van der Waals surface area (Å²) in [4.78, 5) is 27.0. The van der Waals surface area contributed by atoms with Gasteiger partial charge in [0.2, 0.25) is 0 Å². The fourth-order valence-electron chi connectivity index (χ4n) is 2.68. The normalized spacial score (nSPS) is 12.8. The van der Waals surface area contributed by atoms with Crippen LogP contribution in [0.1, 0.15) is 54.7 Å². The van der Waals surface area contributed by atoms with Crippen molar-refractivity contribution in [3.05, 3.63) is 41.3 Å². The Kier molecular flexibility index (Phi) is 6.42. The Labute approximate surface area is 159 Å². The second-order valence-electron chi connectivity index (χ2n) is 6.83. The van der Waals surface area contributed by atoms with Crippen LogP contribution in [0, 0.1) is 5.92 Å². The summed E-state index contributed by atoms with van der Waals surface area (Å²) in [5.41, 5.74) is -0.116. The van der Waals surface area contributed by atoms with E-state index in [1.54, 1.807) is 6.92 Å². The fourth-order valence-corrected chi connectivity index (χ4v) is 2.68. The van der Waals surface area contributed by atoms with E-state index in [2.05, 4.69) is 15.4 Å². The number of alkyl halides is 3.